The van der Waals surface area contributed by atoms with Crippen molar-refractivity contribution < 1.29 is 8.78 Å². The van der Waals surface area contributed by atoms with Crippen LogP contribution in [0.4, 0.5) is 26.4 Å². The summed E-state index contributed by atoms with van der Waals surface area (Å²) in [6, 6.07) is 9.37. The zero-order chi connectivity index (χ0) is 19.7. The lowest BCUT2D eigenvalue weighted by Gasteiger charge is -2.09. The summed E-state index contributed by atoms with van der Waals surface area (Å²) in [4.78, 5) is 28.9. The Morgan fingerprint density at radius 3 is 2.54 bits per heavy atom. The summed E-state index contributed by atoms with van der Waals surface area (Å²) < 4.78 is 27.6. The third-order valence-corrected chi connectivity index (χ3v) is 3.90. The Bertz CT molecular complexity index is 1230. The largest absolute Gasteiger partial charge is 0.368 e. The number of nitrogen functional groups attached to an aromatic ring is 1. The lowest BCUT2D eigenvalue weighted by molar-refractivity contribution is 0.628. The van der Waals surface area contributed by atoms with Crippen LogP contribution in [0.3, 0.4) is 0 Å². The highest BCUT2D eigenvalue weighted by atomic mass is 19.1. The number of nitrogens with two attached hydrogens (primary N) is 1. The summed E-state index contributed by atoms with van der Waals surface area (Å²) in [5.74, 6) is -0.512. The van der Waals surface area contributed by atoms with Gasteiger partial charge in [0, 0.05) is 11.8 Å². The van der Waals surface area contributed by atoms with Gasteiger partial charge < -0.3 is 11.1 Å². The molecule has 8 nitrogen and oxygen atoms in total. The van der Waals surface area contributed by atoms with E-state index in [4.69, 9.17) is 5.73 Å². The fourth-order valence-corrected chi connectivity index (χ4v) is 2.62. The van der Waals surface area contributed by atoms with Gasteiger partial charge >= 0.3 is 0 Å². The normalized spacial score (nSPS) is 10.9. The molecule has 0 fully saturated rings. The Morgan fingerprint density at radius 2 is 1.75 bits per heavy atom. The molecule has 0 bridgehead atoms. The first-order valence-corrected chi connectivity index (χ1v) is 8.16. The number of anilines is 3. The third-order valence-electron chi connectivity index (χ3n) is 3.90. The zero-order valence-electron chi connectivity index (χ0n) is 14.3. The van der Waals surface area contributed by atoms with Gasteiger partial charge in [0.1, 0.15) is 11.6 Å². The molecule has 10 heteroatoms. The summed E-state index contributed by atoms with van der Waals surface area (Å²) >= 11 is 0. The Hall–Kier alpha value is -3.95. The molecule has 0 unspecified atom stereocenters. The molecule has 3 N–H and O–H groups in total. The van der Waals surface area contributed by atoms with E-state index in [1.54, 1.807) is 0 Å². The lowest BCUT2D eigenvalue weighted by Crippen LogP contribution is -2.22. The SMILES string of the molecule is Nc1nc(Cn2cnc3cc(F)ccc3c2=O)nc(Nc2ccc(F)cc2)n1. The number of hydrogen-bond acceptors (Lipinski definition) is 7. The van der Waals surface area contributed by atoms with Gasteiger partial charge in [0.05, 0.1) is 23.8 Å². The predicted molar refractivity (Wildman–Crippen MR) is 99.0 cm³/mol. The van der Waals surface area contributed by atoms with Crippen molar-refractivity contribution in [3.8, 4) is 0 Å². The van der Waals surface area contributed by atoms with Crippen molar-refractivity contribution in [3.63, 3.8) is 0 Å². The minimum absolute atomic E-state index is 0.00995. The fourth-order valence-electron chi connectivity index (χ4n) is 2.62. The minimum atomic E-state index is -0.473. The van der Waals surface area contributed by atoms with Crippen LogP contribution in [0.5, 0.6) is 0 Å². The monoisotopic (exact) mass is 381 g/mol. The highest BCUT2D eigenvalue weighted by molar-refractivity contribution is 5.77. The quantitative estimate of drug-likeness (QED) is 0.557. The van der Waals surface area contributed by atoms with Crippen molar-refractivity contribution in [3.05, 3.63) is 76.6 Å². The van der Waals surface area contributed by atoms with E-state index in [9.17, 15) is 13.6 Å². The standard InChI is InChI=1S/C18H13F2N7O/c19-10-1-4-12(5-2-10)23-18-25-15(24-17(21)26-18)8-27-9-22-14-7-11(20)3-6-13(14)16(27)28/h1-7,9H,8H2,(H3,21,23,24,25,26). The van der Waals surface area contributed by atoms with Crippen LogP contribution in [0.15, 0.2) is 53.6 Å². The van der Waals surface area contributed by atoms with E-state index >= 15 is 0 Å². The Morgan fingerprint density at radius 1 is 1.00 bits per heavy atom. The molecule has 0 spiro atoms. The molecule has 0 radical (unpaired) electrons. The minimum Gasteiger partial charge on any atom is -0.368 e. The maximum absolute atomic E-state index is 13.3. The maximum Gasteiger partial charge on any atom is 0.261 e. The van der Waals surface area contributed by atoms with E-state index in [-0.39, 0.29) is 46.5 Å². The van der Waals surface area contributed by atoms with Crippen molar-refractivity contribution in [1.82, 2.24) is 24.5 Å². The first kappa shape index (κ1) is 17.5. The van der Waals surface area contributed by atoms with Crippen molar-refractivity contribution >= 4 is 28.5 Å². The van der Waals surface area contributed by atoms with E-state index in [1.807, 2.05) is 0 Å². The number of hydrogen-bond donors (Lipinski definition) is 2. The summed E-state index contributed by atoms with van der Waals surface area (Å²) in [7, 11) is 0. The maximum atomic E-state index is 13.3. The van der Waals surface area contributed by atoms with Gasteiger partial charge in [-0.05, 0) is 36.4 Å². The van der Waals surface area contributed by atoms with E-state index in [0.29, 0.717) is 5.69 Å². The van der Waals surface area contributed by atoms with Crippen molar-refractivity contribution in [2.24, 2.45) is 0 Å². The highest BCUT2D eigenvalue weighted by Crippen LogP contribution is 2.14. The molecule has 140 valence electrons. The van der Waals surface area contributed by atoms with Crippen LogP contribution in [0.25, 0.3) is 10.9 Å². The molecule has 4 rings (SSSR count). The van der Waals surface area contributed by atoms with Crippen LogP contribution in [-0.2, 0) is 6.54 Å². The topological polar surface area (TPSA) is 112 Å². The van der Waals surface area contributed by atoms with Crippen LogP contribution >= 0.6 is 0 Å². The van der Waals surface area contributed by atoms with Gasteiger partial charge in [0.15, 0.2) is 5.82 Å². The van der Waals surface area contributed by atoms with Crippen molar-refractivity contribution in [1.29, 1.82) is 0 Å². The van der Waals surface area contributed by atoms with Crippen molar-refractivity contribution in [2.45, 2.75) is 6.54 Å². The molecule has 0 saturated carbocycles. The molecule has 2 aromatic carbocycles. The lowest BCUT2D eigenvalue weighted by atomic mass is 10.2. The highest BCUT2D eigenvalue weighted by Gasteiger charge is 2.10. The van der Waals surface area contributed by atoms with E-state index in [1.165, 1.54) is 53.4 Å². The number of rotatable bonds is 4. The molecule has 0 atom stereocenters. The van der Waals surface area contributed by atoms with Crippen LogP contribution < -0.4 is 16.6 Å². The molecular weight excluding hydrogens is 368 g/mol. The van der Waals surface area contributed by atoms with Gasteiger partial charge in [0.25, 0.3) is 5.56 Å². The second kappa shape index (κ2) is 6.99. The molecule has 2 aromatic heterocycles. The summed E-state index contributed by atoms with van der Waals surface area (Å²) in [5, 5.41) is 3.17. The van der Waals surface area contributed by atoms with Crippen LogP contribution in [0, 0.1) is 11.6 Å². The molecule has 0 aliphatic rings. The molecule has 28 heavy (non-hydrogen) atoms. The van der Waals surface area contributed by atoms with Gasteiger partial charge in [-0.1, -0.05) is 0 Å². The average molecular weight is 381 g/mol. The Kier molecular flexibility index (Phi) is 4.36. The summed E-state index contributed by atoms with van der Waals surface area (Å²) in [6.45, 7) is -0.00995. The smallest absolute Gasteiger partial charge is 0.261 e. The van der Waals surface area contributed by atoms with Crippen LogP contribution in [0.2, 0.25) is 0 Å². The van der Waals surface area contributed by atoms with E-state index in [2.05, 4.69) is 25.3 Å². The van der Waals surface area contributed by atoms with Crippen molar-refractivity contribution in [2.75, 3.05) is 11.1 Å². The summed E-state index contributed by atoms with van der Waals surface area (Å²) in [5.41, 5.74) is 6.18. The molecule has 2 heterocycles. The first-order valence-electron chi connectivity index (χ1n) is 8.16. The number of halogens is 2. The molecule has 0 saturated heterocycles. The Labute approximate surface area is 156 Å². The second-order valence-electron chi connectivity index (χ2n) is 5.90. The third kappa shape index (κ3) is 3.61. The number of benzene rings is 2. The molecule has 4 aromatic rings. The van der Waals surface area contributed by atoms with Gasteiger partial charge in [0.2, 0.25) is 11.9 Å². The number of nitrogens with one attached hydrogen (secondary N) is 1. The number of fused-ring (bicyclic) bond motifs is 1. The van der Waals surface area contributed by atoms with E-state index in [0.717, 1.165) is 0 Å². The predicted octanol–water partition coefficient (Wildman–Crippen LogP) is 2.23. The van der Waals surface area contributed by atoms with Gasteiger partial charge in [-0.3, -0.25) is 9.36 Å². The number of nitrogens with zero attached hydrogens (tertiary/aromatic N) is 5. The molecule has 0 aliphatic heterocycles. The van der Waals surface area contributed by atoms with Gasteiger partial charge in [-0.15, -0.1) is 0 Å². The molecular formula is C18H13F2N7O. The van der Waals surface area contributed by atoms with Crippen LogP contribution in [0.1, 0.15) is 5.82 Å². The fraction of sp³-hybridized carbons (Fsp3) is 0.0556. The van der Waals surface area contributed by atoms with Crippen LogP contribution in [-0.4, -0.2) is 24.5 Å². The molecule has 0 amide bonds. The molecule has 0 aliphatic carbocycles. The summed E-state index contributed by atoms with van der Waals surface area (Å²) in [6.07, 6.45) is 1.29. The van der Waals surface area contributed by atoms with Gasteiger partial charge in [-0.2, -0.15) is 15.0 Å². The second-order valence-corrected chi connectivity index (χ2v) is 5.90. The van der Waals surface area contributed by atoms with Gasteiger partial charge in [-0.25, -0.2) is 13.8 Å². The first-order chi connectivity index (χ1) is 13.5. The van der Waals surface area contributed by atoms with E-state index < -0.39 is 5.82 Å². The Balaban J connectivity index is 1.65. The average Bonchev–Trinajstić information content (AvgIpc) is 2.65. The number of aromatic nitrogens is 5. The zero-order valence-corrected chi connectivity index (χ0v) is 14.3.